The zero-order valence-corrected chi connectivity index (χ0v) is 23.2. The van der Waals surface area contributed by atoms with Gasteiger partial charge < -0.3 is 9.64 Å². The monoisotopic (exact) mass is 517 g/mol. The van der Waals surface area contributed by atoms with Crippen LogP contribution in [0.2, 0.25) is 0 Å². The number of benzene rings is 3. The number of carbonyl (C=O) groups is 1. The molecule has 1 unspecified atom stereocenters. The molecule has 0 aromatic heterocycles. The van der Waals surface area contributed by atoms with E-state index in [9.17, 15) is 9.18 Å². The van der Waals surface area contributed by atoms with Crippen molar-refractivity contribution in [3.8, 4) is 5.75 Å². The molecule has 1 aliphatic heterocycles. The van der Waals surface area contributed by atoms with Crippen LogP contribution in [0, 0.1) is 5.82 Å². The molecule has 0 bridgehead atoms. The quantitative estimate of drug-likeness (QED) is 0.349. The van der Waals surface area contributed by atoms with E-state index in [2.05, 4.69) is 47.9 Å². The normalized spacial score (nSPS) is 19.2. The third-order valence-corrected chi connectivity index (χ3v) is 7.73. The molecule has 4 rings (SSSR count). The lowest BCUT2D eigenvalue weighted by molar-refractivity contribution is 0.0195. The van der Waals surface area contributed by atoms with Gasteiger partial charge in [0.05, 0.1) is 13.2 Å². The molecule has 1 heterocycles. The molecular weight excluding hydrogens is 477 g/mol. The van der Waals surface area contributed by atoms with E-state index in [1.807, 2.05) is 55.1 Å². The van der Waals surface area contributed by atoms with Crippen molar-refractivity contribution in [1.82, 2.24) is 14.7 Å². The van der Waals surface area contributed by atoms with Gasteiger partial charge in [-0.1, -0.05) is 36.4 Å². The van der Waals surface area contributed by atoms with Gasteiger partial charge in [0.15, 0.2) is 0 Å². The Morgan fingerprint density at radius 1 is 0.947 bits per heavy atom. The molecule has 0 N–H and O–H groups in total. The number of amides is 1. The molecular formula is C32H40FN3O2. The summed E-state index contributed by atoms with van der Waals surface area (Å²) in [7, 11) is 1.70. The van der Waals surface area contributed by atoms with Crippen molar-refractivity contribution in [1.29, 1.82) is 0 Å². The average molecular weight is 518 g/mol. The summed E-state index contributed by atoms with van der Waals surface area (Å²) in [5.41, 5.74) is 4.16. The van der Waals surface area contributed by atoms with Gasteiger partial charge in [-0.2, -0.15) is 0 Å². The van der Waals surface area contributed by atoms with E-state index in [4.69, 9.17) is 4.74 Å². The average Bonchev–Trinajstić information content (AvgIpc) is 2.93. The Labute approximate surface area is 226 Å². The second kappa shape index (κ2) is 12.5. The molecule has 3 aromatic rings. The minimum atomic E-state index is -0.203. The number of rotatable bonds is 9. The van der Waals surface area contributed by atoms with Crippen molar-refractivity contribution < 1.29 is 13.9 Å². The van der Waals surface area contributed by atoms with Gasteiger partial charge in [0.25, 0.3) is 5.91 Å². The first kappa shape index (κ1) is 27.8. The smallest absolute Gasteiger partial charge is 0.253 e. The van der Waals surface area contributed by atoms with Gasteiger partial charge in [-0.05, 0) is 80.8 Å². The molecule has 3 aromatic carbocycles. The van der Waals surface area contributed by atoms with E-state index >= 15 is 0 Å². The van der Waals surface area contributed by atoms with Crippen LogP contribution in [0.5, 0.6) is 5.75 Å². The lowest BCUT2D eigenvalue weighted by Gasteiger charge is -2.47. The number of nitrogens with zero attached hydrogens (tertiary/aromatic N) is 3. The number of methoxy groups -OCH3 is 1. The van der Waals surface area contributed by atoms with Crippen LogP contribution in [0.25, 0.3) is 0 Å². The third kappa shape index (κ3) is 6.25. The highest BCUT2D eigenvalue weighted by Gasteiger charge is 2.35. The Morgan fingerprint density at radius 2 is 1.63 bits per heavy atom. The highest BCUT2D eigenvalue weighted by atomic mass is 19.1. The summed E-state index contributed by atoms with van der Waals surface area (Å²) in [6, 6.07) is 23.8. The zero-order chi connectivity index (χ0) is 27.2. The summed E-state index contributed by atoms with van der Waals surface area (Å²) in [6.45, 7) is 12.5. The maximum absolute atomic E-state index is 13.4. The van der Waals surface area contributed by atoms with E-state index in [0.29, 0.717) is 24.7 Å². The van der Waals surface area contributed by atoms with Crippen molar-refractivity contribution in [3.05, 3.63) is 101 Å². The molecule has 0 aliphatic carbocycles. The molecule has 3 atom stereocenters. The first-order chi connectivity index (χ1) is 18.3. The summed E-state index contributed by atoms with van der Waals surface area (Å²) < 4.78 is 19.0. The van der Waals surface area contributed by atoms with Gasteiger partial charge in [0, 0.05) is 50.4 Å². The van der Waals surface area contributed by atoms with E-state index in [1.165, 1.54) is 17.7 Å². The van der Waals surface area contributed by atoms with Crippen molar-refractivity contribution >= 4 is 5.91 Å². The van der Waals surface area contributed by atoms with Crippen LogP contribution in [0.4, 0.5) is 4.39 Å². The van der Waals surface area contributed by atoms with Gasteiger partial charge >= 0.3 is 0 Å². The van der Waals surface area contributed by atoms with E-state index in [-0.39, 0.29) is 23.8 Å². The molecule has 6 heteroatoms. The number of hydrogen-bond donors (Lipinski definition) is 0. The summed E-state index contributed by atoms with van der Waals surface area (Å²) in [6.07, 6.45) is 0. The van der Waals surface area contributed by atoms with Gasteiger partial charge in [0.2, 0.25) is 0 Å². The van der Waals surface area contributed by atoms with Crippen LogP contribution in [-0.2, 0) is 6.54 Å². The predicted molar refractivity (Wildman–Crippen MR) is 151 cm³/mol. The number of carbonyl (C=O) groups excluding carboxylic acids is 1. The largest absolute Gasteiger partial charge is 0.497 e. The van der Waals surface area contributed by atoms with Crippen LogP contribution < -0.4 is 4.74 Å². The second-order valence-corrected chi connectivity index (χ2v) is 10.2. The topological polar surface area (TPSA) is 36.0 Å². The van der Waals surface area contributed by atoms with Crippen molar-refractivity contribution in [2.75, 3.05) is 33.3 Å². The van der Waals surface area contributed by atoms with E-state index < -0.39 is 0 Å². The van der Waals surface area contributed by atoms with Crippen molar-refractivity contribution in [3.63, 3.8) is 0 Å². The fourth-order valence-corrected chi connectivity index (χ4v) is 5.52. The Kier molecular flexibility index (Phi) is 9.18. The number of ether oxygens (including phenoxy) is 1. The second-order valence-electron chi connectivity index (χ2n) is 10.2. The van der Waals surface area contributed by atoms with E-state index in [0.717, 1.165) is 36.5 Å². The highest BCUT2D eigenvalue weighted by Crippen LogP contribution is 2.35. The van der Waals surface area contributed by atoms with Gasteiger partial charge in [0.1, 0.15) is 11.6 Å². The molecule has 1 amide bonds. The molecule has 1 fully saturated rings. The first-order valence-electron chi connectivity index (χ1n) is 13.6. The number of hydrogen-bond acceptors (Lipinski definition) is 4. The maximum Gasteiger partial charge on any atom is 0.253 e. The number of piperazine rings is 1. The summed E-state index contributed by atoms with van der Waals surface area (Å²) >= 11 is 0. The third-order valence-electron chi connectivity index (χ3n) is 7.73. The molecule has 0 radical (unpaired) electrons. The first-order valence-corrected chi connectivity index (χ1v) is 13.6. The summed E-state index contributed by atoms with van der Waals surface area (Å²) in [5, 5.41) is 0. The standard InChI is InChI=1S/C32H40FN3O2/c1-6-34(7-2)32(37)27-15-13-26(14-16-27)31(28-9-8-10-30(19-28)38-5)36-21-23(3)35(20-24(36)4)22-25-11-17-29(33)18-12-25/h8-19,23-24,31H,6-7,20-22H2,1-5H3/t23-,24+,31?/m1/s1. The van der Waals surface area contributed by atoms with Crippen LogP contribution in [0.1, 0.15) is 60.8 Å². The highest BCUT2D eigenvalue weighted by molar-refractivity contribution is 5.94. The predicted octanol–water partition coefficient (Wildman–Crippen LogP) is 6.00. The Balaban J connectivity index is 1.62. The van der Waals surface area contributed by atoms with Crippen molar-refractivity contribution in [2.24, 2.45) is 0 Å². The molecule has 1 aliphatic rings. The Morgan fingerprint density at radius 3 is 2.26 bits per heavy atom. The van der Waals surface area contributed by atoms with Crippen LogP contribution in [-0.4, -0.2) is 66.0 Å². The zero-order valence-electron chi connectivity index (χ0n) is 23.2. The minimum absolute atomic E-state index is 0.0214. The molecule has 5 nitrogen and oxygen atoms in total. The minimum Gasteiger partial charge on any atom is -0.497 e. The van der Waals surface area contributed by atoms with Gasteiger partial charge in [-0.25, -0.2) is 4.39 Å². The molecule has 1 saturated heterocycles. The number of halogens is 1. The lowest BCUT2D eigenvalue weighted by Crippen LogP contribution is -2.56. The Bertz CT molecular complexity index is 1190. The maximum atomic E-state index is 13.4. The SMILES string of the molecule is CCN(CC)C(=O)c1ccc(C(c2cccc(OC)c2)N2C[C@@H](C)N(Cc3ccc(F)cc3)C[C@@H]2C)cc1. The Hall–Kier alpha value is -3.22. The van der Waals surface area contributed by atoms with Crippen molar-refractivity contribution in [2.45, 2.75) is 52.4 Å². The fraction of sp³-hybridized carbons (Fsp3) is 0.406. The van der Waals surface area contributed by atoms with Gasteiger partial charge in [-0.15, -0.1) is 0 Å². The lowest BCUT2D eigenvalue weighted by atomic mass is 9.92. The molecule has 0 spiro atoms. The van der Waals surface area contributed by atoms with Crippen LogP contribution >= 0.6 is 0 Å². The summed E-state index contributed by atoms with van der Waals surface area (Å²) in [5.74, 6) is 0.693. The summed E-state index contributed by atoms with van der Waals surface area (Å²) in [4.78, 5) is 19.8. The fourth-order valence-electron chi connectivity index (χ4n) is 5.52. The molecule has 202 valence electrons. The molecule has 0 saturated carbocycles. The van der Waals surface area contributed by atoms with Crippen LogP contribution in [0.3, 0.4) is 0 Å². The van der Waals surface area contributed by atoms with Gasteiger partial charge in [-0.3, -0.25) is 14.6 Å². The molecule has 38 heavy (non-hydrogen) atoms. The van der Waals surface area contributed by atoms with Crippen LogP contribution in [0.15, 0.2) is 72.8 Å². The van der Waals surface area contributed by atoms with E-state index in [1.54, 1.807) is 7.11 Å².